The third kappa shape index (κ3) is 5.49. The number of benzene rings is 3. The van der Waals surface area contributed by atoms with Gasteiger partial charge in [0.25, 0.3) is 5.91 Å². The standard InChI is InChI=1S/C29H27NO5/c1-17(2)16-34-29(33)22-9-11-23(12-10-22)30-28(32)21-7-5-20(6-8-21)26-15-25(31)24-14-18(3)13-19(4)27(24)35-26/h5-15,17H,16H2,1-4H3,(H,30,32). The third-order valence-corrected chi connectivity index (χ3v) is 5.52. The monoisotopic (exact) mass is 469 g/mol. The van der Waals surface area contributed by atoms with Gasteiger partial charge in [-0.15, -0.1) is 0 Å². The van der Waals surface area contributed by atoms with Crippen molar-refractivity contribution < 1.29 is 18.7 Å². The Kier molecular flexibility index (Phi) is 6.82. The Bertz CT molecular complexity index is 1450. The summed E-state index contributed by atoms with van der Waals surface area (Å²) < 4.78 is 11.2. The number of hydrogen-bond acceptors (Lipinski definition) is 5. The third-order valence-electron chi connectivity index (χ3n) is 5.52. The summed E-state index contributed by atoms with van der Waals surface area (Å²) in [4.78, 5) is 37.4. The normalized spacial score (nSPS) is 11.0. The molecule has 0 bridgehead atoms. The molecule has 0 aliphatic carbocycles. The molecule has 1 N–H and O–H groups in total. The van der Waals surface area contributed by atoms with Crippen molar-refractivity contribution in [3.63, 3.8) is 0 Å². The van der Waals surface area contributed by atoms with Gasteiger partial charge in [-0.1, -0.05) is 32.0 Å². The van der Waals surface area contributed by atoms with Crippen molar-refractivity contribution in [1.29, 1.82) is 0 Å². The lowest BCUT2D eigenvalue weighted by Crippen LogP contribution is -2.13. The van der Waals surface area contributed by atoms with Crippen LogP contribution in [0.1, 0.15) is 45.7 Å². The summed E-state index contributed by atoms with van der Waals surface area (Å²) in [5.41, 5.74) is 4.50. The van der Waals surface area contributed by atoms with Gasteiger partial charge in [0.05, 0.1) is 17.6 Å². The number of fused-ring (bicyclic) bond motifs is 1. The number of ether oxygens (including phenoxy) is 1. The molecule has 1 amide bonds. The van der Waals surface area contributed by atoms with Crippen LogP contribution in [-0.2, 0) is 4.74 Å². The second-order valence-corrected chi connectivity index (χ2v) is 9.03. The molecule has 0 radical (unpaired) electrons. The van der Waals surface area contributed by atoms with Gasteiger partial charge in [-0.05, 0) is 73.4 Å². The van der Waals surface area contributed by atoms with Crippen LogP contribution in [0.15, 0.2) is 75.9 Å². The molecule has 1 aromatic heterocycles. The first-order chi connectivity index (χ1) is 16.7. The molecular formula is C29H27NO5. The molecule has 1 heterocycles. The van der Waals surface area contributed by atoms with Crippen molar-refractivity contribution in [3.8, 4) is 11.3 Å². The largest absolute Gasteiger partial charge is 0.462 e. The predicted molar refractivity (Wildman–Crippen MR) is 137 cm³/mol. The smallest absolute Gasteiger partial charge is 0.338 e. The van der Waals surface area contributed by atoms with E-state index in [1.54, 1.807) is 48.5 Å². The van der Waals surface area contributed by atoms with E-state index in [9.17, 15) is 14.4 Å². The van der Waals surface area contributed by atoms with Gasteiger partial charge >= 0.3 is 5.97 Å². The summed E-state index contributed by atoms with van der Waals surface area (Å²) in [7, 11) is 0. The number of carbonyl (C=O) groups excluding carboxylic acids is 2. The Balaban J connectivity index is 1.48. The van der Waals surface area contributed by atoms with E-state index in [2.05, 4.69) is 5.32 Å². The first-order valence-corrected chi connectivity index (χ1v) is 11.5. The van der Waals surface area contributed by atoms with E-state index in [0.29, 0.717) is 45.7 Å². The molecule has 4 rings (SSSR count). The van der Waals surface area contributed by atoms with Crippen LogP contribution in [0.3, 0.4) is 0 Å². The highest BCUT2D eigenvalue weighted by molar-refractivity contribution is 6.04. The summed E-state index contributed by atoms with van der Waals surface area (Å²) in [5.74, 6) is 0.0201. The molecule has 35 heavy (non-hydrogen) atoms. The van der Waals surface area contributed by atoms with E-state index in [1.807, 2.05) is 39.8 Å². The second kappa shape index (κ2) is 9.97. The molecule has 3 aromatic carbocycles. The Morgan fingerprint density at radius 1 is 0.914 bits per heavy atom. The Labute approximate surface area is 203 Å². The van der Waals surface area contributed by atoms with Crippen LogP contribution in [0.5, 0.6) is 0 Å². The SMILES string of the molecule is Cc1cc(C)c2oc(-c3ccc(C(=O)Nc4ccc(C(=O)OCC(C)C)cc4)cc3)cc(=O)c2c1. The lowest BCUT2D eigenvalue weighted by atomic mass is 10.1. The van der Waals surface area contributed by atoms with Crippen LogP contribution in [0.2, 0.25) is 0 Å². The van der Waals surface area contributed by atoms with Crippen LogP contribution in [-0.4, -0.2) is 18.5 Å². The topological polar surface area (TPSA) is 85.6 Å². The average molecular weight is 470 g/mol. The number of rotatable bonds is 6. The first-order valence-electron chi connectivity index (χ1n) is 11.5. The van der Waals surface area contributed by atoms with Gasteiger partial charge in [-0.25, -0.2) is 4.79 Å². The lowest BCUT2D eigenvalue weighted by Gasteiger charge is -2.09. The molecule has 0 aliphatic rings. The molecule has 0 fully saturated rings. The van der Waals surface area contributed by atoms with E-state index in [-0.39, 0.29) is 17.3 Å². The highest BCUT2D eigenvalue weighted by Gasteiger charge is 2.12. The molecule has 178 valence electrons. The number of hydrogen-bond donors (Lipinski definition) is 1. The molecule has 4 aromatic rings. The van der Waals surface area contributed by atoms with Crippen molar-refractivity contribution in [2.75, 3.05) is 11.9 Å². The van der Waals surface area contributed by atoms with E-state index in [4.69, 9.17) is 9.15 Å². The summed E-state index contributed by atoms with van der Waals surface area (Å²) >= 11 is 0. The van der Waals surface area contributed by atoms with Crippen LogP contribution < -0.4 is 10.7 Å². The van der Waals surface area contributed by atoms with Gasteiger partial charge in [-0.3, -0.25) is 9.59 Å². The fourth-order valence-corrected chi connectivity index (χ4v) is 3.76. The van der Waals surface area contributed by atoms with E-state index in [0.717, 1.165) is 11.1 Å². The zero-order valence-corrected chi connectivity index (χ0v) is 20.2. The number of esters is 1. The first kappa shape index (κ1) is 24.0. The minimum Gasteiger partial charge on any atom is -0.462 e. The molecular weight excluding hydrogens is 442 g/mol. The number of carbonyl (C=O) groups is 2. The maximum Gasteiger partial charge on any atom is 0.338 e. The fourth-order valence-electron chi connectivity index (χ4n) is 3.76. The summed E-state index contributed by atoms with van der Waals surface area (Å²) in [5, 5.41) is 3.37. The molecule has 6 nitrogen and oxygen atoms in total. The van der Waals surface area contributed by atoms with Gasteiger partial charge in [0.2, 0.25) is 0 Å². The van der Waals surface area contributed by atoms with Gasteiger partial charge in [0, 0.05) is 22.9 Å². The fraction of sp³-hybridized carbons (Fsp3) is 0.207. The van der Waals surface area contributed by atoms with Crippen molar-refractivity contribution in [2.24, 2.45) is 5.92 Å². The van der Waals surface area contributed by atoms with Crippen LogP contribution >= 0.6 is 0 Å². The van der Waals surface area contributed by atoms with Gasteiger partial charge in [0.1, 0.15) is 11.3 Å². The highest BCUT2D eigenvalue weighted by Crippen LogP contribution is 2.25. The van der Waals surface area contributed by atoms with Crippen molar-refractivity contribution in [1.82, 2.24) is 0 Å². The van der Waals surface area contributed by atoms with E-state index in [1.165, 1.54) is 6.07 Å². The number of anilines is 1. The average Bonchev–Trinajstić information content (AvgIpc) is 2.83. The molecule has 0 atom stereocenters. The molecule has 0 unspecified atom stereocenters. The Morgan fingerprint density at radius 2 is 1.57 bits per heavy atom. The quantitative estimate of drug-likeness (QED) is 0.343. The maximum atomic E-state index is 12.7. The Hall–Kier alpha value is -4.19. The van der Waals surface area contributed by atoms with Crippen molar-refractivity contribution in [2.45, 2.75) is 27.7 Å². The molecule has 0 spiro atoms. The maximum absolute atomic E-state index is 12.7. The minimum absolute atomic E-state index is 0.105. The summed E-state index contributed by atoms with van der Waals surface area (Å²) in [6.07, 6.45) is 0. The number of aryl methyl sites for hydroxylation is 2. The minimum atomic E-state index is -0.391. The van der Waals surface area contributed by atoms with E-state index < -0.39 is 5.97 Å². The lowest BCUT2D eigenvalue weighted by molar-refractivity contribution is 0.0459. The van der Waals surface area contributed by atoms with Gasteiger partial charge < -0.3 is 14.5 Å². The van der Waals surface area contributed by atoms with Crippen LogP contribution in [0.25, 0.3) is 22.3 Å². The van der Waals surface area contributed by atoms with Crippen LogP contribution in [0, 0.1) is 19.8 Å². The number of amides is 1. The number of nitrogens with one attached hydrogen (secondary N) is 1. The highest BCUT2D eigenvalue weighted by atomic mass is 16.5. The van der Waals surface area contributed by atoms with E-state index >= 15 is 0 Å². The van der Waals surface area contributed by atoms with Gasteiger partial charge in [-0.2, -0.15) is 0 Å². The second-order valence-electron chi connectivity index (χ2n) is 9.03. The molecule has 0 saturated heterocycles. The Morgan fingerprint density at radius 3 is 2.23 bits per heavy atom. The summed E-state index contributed by atoms with van der Waals surface area (Å²) in [6, 6.07) is 18.7. The van der Waals surface area contributed by atoms with Gasteiger partial charge in [0.15, 0.2) is 5.43 Å². The zero-order chi connectivity index (χ0) is 25.1. The van der Waals surface area contributed by atoms with Crippen molar-refractivity contribution >= 4 is 28.5 Å². The van der Waals surface area contributed by atoms with Crippen LogP contribution in [0.4, 0.5) is 5.69 Å². The molecule has 0 aliphatic heterocycles. The zero-order valence-electron chi connectivity index (χ0n) is 20.2. The molecule has 0 saturated carbocycles. The van der Waals surface area contributed by atoms with Crippen molar-refractivity contribution in [3.05, 3.63) is 99.2 Å². The predicted octanol–water partition coefficient (Wildman–Crippen LogP) is 6.14. The molecule has 6 heteroatoms. The summed E-state index contributed by atoms with van der Waals surface area (Å²) in [6.45, 7) is 8.15.